The molecule has 0 bridgehead atoms. The molecule has 0 N–H and O–H groups in total. The zero-order chi connectivity index (χ0) is 20.1. The van der Waals surface area contributed by atoms with Gasteiger partial charge in [-0.25, -0.2) is 4.79 Å². The molecule has 4 nitrogen and oxygen atoms in total. The fraction of sp³-hybridized carbons (Fsp3) is 0.333. The molecule has 0 aromatic heterocycles. The second-order valence-corrected chi connectivity index (χ2v) is 8.49. The van der Waals surface area contributed by atoms with E-state index in [9.17, 15) is 9.59 Å². The minimum absolute atomic E-state index is 0.255. The Labute approximate surface area is 179 Å². The molecule has 28 heavy (non-hydrogen) atoms. The average molecular weight is 438 g/mol. The van der Waals surface area contributed by atoms with Crippen molar-refractivity contribution in [2.75, 3.05) is 12.4 Å². The molecule has 0 radical (unpaired) electrons. The molecular weight excluding hydrogens is 417 g/mol. The number of rotatable bonds is 6. The normalized spacial score (nSPS) is 18.9. The lowest BCUT2D eigenvalue weighted by atomic mass is 10.1. The van der Waals surface area contributed by atoms with E-state index in [2.05, 4.69) is 0 Å². The summed E-state index contributed by atoms with van der Waals surface area (Å²) >= 11 is 13.7. The zero-order valence-electron chi connectivity index (χ0n) is 15.4. The molecule has 3 rings (SSSR count). The van der Waals surface area contributed by atoms with Gasteiger partial charge >= 0.3 is 5.97 Å². The van der Waals surface area contributed by atoms with E-state index in [-0.39, 0.29) is 17.3 Å². The second-order valence-electron chi connectivity index (χ2n) is 6.50. The molecule has 0 saturated carbocycles. The van der Waals surface area contributed by atoms with E-state index in [0.29, 0.717) is 28.0 Å². The van der Waals surface area contributed by atoms with Gasteiger partial charge in [0.15, 0.2) is 0 Å². The highest BCUT2D eigenvalue weighted by Crippen LogP contribution is 2.43. The predicted octanol–water partition coefficient (Wildman–Crippen LogP) is 5.59. The number of carbonyl (C=O) groups is 2. The van der Waals surface area contributed by atoms with E-state index in [1.165, 1.54) is 11.8 Å². The van der Waals surface area contributed by atoms with E-state index < -0.39 is 6.04 Å². The van der Waals surface area contributed by atoms with Gasteiger partial charge in [-0.1, -0.05) is 54.7 Å². The first kappa shape index (κ1) is 21.0. The number of esters is 1. The Kier molecular flexibility index (Phi) is 7.27. The van der Waals surface area contributed by atoms with Gasteiger partial charge in [-0.3, -0.25) is 4.79 Å². The van der Waals surface area contributed by atoms with E-state index >= 15 is 0 Å². The average Bonchev–Trinajstić information content (AvgIpc) is 3.12. The van der Waals surface area contributed by atoms with Crippen LogP contribution in [-0.2, 0) is 9.53 Å². The highest BCUT2D eigenvalue weighted by molar-refractivity contribution is 7.99. The van der Waals surface area contributed by atoms with Crippen molar-refractivity contribution in [2.24, 2.45) is 0 Å². The number of amides is 1. The van der Waals surface area contributed by atoms with Crippen molar-refractivity contribution >= 4 is 46.8 Å². The van der Waals surface area contributed by atoms with E-state index in [1.807, 2.05) is 25.1 Å². The third kappa shape index (κ3) is 4.83. The van der Waals surface area contributed by atoms with Gasteiger partial charge in [0.25, 0.3) is 5.91 Å². The molecule has 148 valence electrons. The summed E-state index contributed by atoms with van der Waals surface area (Å²) in [6.45, 7) is 2.39. The second kappa shape index (κ2) is 9.68. The summed E-state index contributed by atoms with van der Waals surface area (Å²) in [4.78, 5) is 27.6. The minimum Gasteiger partial charge on any atom is -0.464 e. The van der Waals surface area contributed by atoms with Crippen LogP contribution in [0.25, 0.3) is 0 Å². The minimum atomic E-state index is -0.655. The molecular formula is C21H21Cl2NO3S. The molecule has 7 heteroatoms. The number of thioether (sulfide) groups is 1. The number of ether oxygens (including phenoxy) is 1. The SMILES string of the molecule is CCCCOC(=O)C1CSC(c2cccc(Cl)c2)N1C(=O)c1cccc(Cl)c1. The maximum Gasteiger partial charge on any atom is 0.329 e. The van der Waals surface area contributed by atoms with Gasteiger partial charge in [0.05, 0.1) is 6.61 Å². The van der Waals surface area contributed by atoms with Crippen LogP contribution in [0.5, 0.6) is 0 Å². The standard InChI is InChI=1S/C21H21Cl2NO3S/c1-2-3-10-27-21(26)18-13-28-20(15-7-5-9-17(23)12-15)24(18)19(25)14-6-4-8-16(22)11-14/h4-9,11-12,18,20H,2-3,10,13H2,1H3. The summed E-state index contributed by atoms with van der Waals surface area (Å²) in [6, 6.07) is 13.4. The first-order valence-electron chi connectivity index (χ1n) is 9.13. The van der Waals surface area contributed by atoms with Crippen molar-refractivity contribution in [2.45, 2.75) is 31.2 Å². The third-order valence-electron chi connectivity index (χ3n) is 4.45. The van der Waals surface area contributed by atoms with Crippen molar-refractivity contribution in [1.82, 2.24) is 4.90 Å². The number of nitrogens with zero attached hydrogens (tertiary/aromatic N) is 1. The van der Waals surface area contributed by atoms with Crippen molar-refractivity contribution in [3.05, 3.63) is 69.7 Å². The van der Waals surface area contributed by atoms with Crippen LogP contribution in [0.2, 0.25) is 10.0 Å². The number of unbranched alkanes of at least 4 members (excludes halogenated alkanes) is 1. The molecule has 0 aliphatic carbocycles. The molecule has 2 atom stereocenters. The fourth-order valence-corrected chi connectivity index (χ4v) is 4.83. The van der Waals surface area contributed by atoms with Crippen LogP contribution in [0.1, 0.15) is 41.1 Å². The van der Waals surface area contributed by atoms with Gasteiger partial charge in [-0.05, 0) is 42.3 Å². The lowest BCUT2D eigenvalue weighted by molar-refractivity contribution is -0.148. The summed E-state index contributed by atoms with van der Waals surface area (Å²) in [5.41, 5.74) is 1.31. The Bertz CT molecular complexity index is 861. The van der Waals surface area contributed by atoms with Crippen molar-refractivity contribution < 1.29 is 14.3 Å². The number of hydrogen-bond acceptors (Lipinski definition) is 4. The molecule has 1 heterocycles. The molecule has 1 amide bonds. The van der Waals surface area contributed by atoms with Gasteiger partial charge in [0, 0.05) is 21.4 Å². The molecule has 1 aliphatic heterocycles. The maximum absolute atomic E-state index is 13.3. The largest absolute Gasteiger partial charge is 0.464 e. The molecule has 1 aliphatic rings. The van der Waals surface area contributed by atoms with E-state index in [0.717, 1.165) is 18.4 Å². The third-order valence-corrected chi connectivity index (χ3v) is 6.25. The van der Waals surface area contributed by atoms with Crippen LogP contribution >= 0.6 is 35.0 Å². The summed E-state index contributed by atoms with van der Waals surface area (Å²) < 4.78 is 5.42. The topological polar surface area (TPSA) is 46.6 Å². The highest BCUT2D eigenvalue weighted by atomic mass is 35.5. The fourth-order valence-electron chi connectivity index (χ4n) is 3.04. The van der Waals surface area contributed by atoms with Crippen molar-refractivity contribution in [3.63, 3.8) is 0 Å². The lowest BCUT2D eigenvalue weighted by Gasteiger charge is -2.29. The predicted molar refractivity (Wildman–Crippen MR) is 114 cm³/mol. The van der Waals surface area contributed by atoms with Crippen LogP contribution in [-0.4, -0.2) is 35.2 Å². The number of halogens is 2. The summed E-state index contributed by atoms with van der Waals surface area (Å²) in [7, 11) is 0. The number of hydrogen-bond donors (Lipinski definition) is 0. The quantitative estimate of drug-likeness (QED) is 0.436. The summed E-state index contributed by atoms with van der Waals surface area (Å²) in [6.07, 6.45) is 1.73. The zero-order valence-corrected chi connectivity index (χ0v) is 17.8. The van der Waals surface area contributed by atoms with Gasteiger partial charge in [-0.15, -0.1) is 11.8 Å². The van der Waals surface area contributed by atoms with Gasteiger partial charge in [0.2, 0.25) is 0 Å². The molecule has 0 spiro atoms. The first-order valence-corrected chi connectivity index (χ1v) is 10.9. The van der Waals surface area contributed by atoms with Crippen LogP contribution in [0, 0.1) is 0 Å². The molecule has 2 aromatic carbocycles. The monoisotopic (exact) mass is 437 g/mol. The van der Waals surface area contributed by atoms with Crippen LogP contribution in [0.4, 0.5) is 0 Å². The molecule has 1 fully saturated rings. The Morgan fingerprint density at radius 2 is 1.86 bits per heavy atom. The Hall–Kier alpha value is -1.69. The Morgan fingerprint density at radius 1 is 1.14 bits per heavy atom. The van der Waals surface area contributed by atoms with Crippen LogP contribution < -0.4 is 0 Å². The van der Waals surface area contributed by atoms with Crippen LogP contribution in [0.15, 0.2) is 48.5 Å². The molecule has 2 aromatic rings. The van der Waals surface area contributed by atoms with E-state index in [1.54, 1.807) is 35.2 Å². The van der Waals surface area contributed by atoms with Crippen molar-refractivity contribution in [3.8, 4) is 0 Å². The number of benzene rings is 2. The number of carbonyl (C=O) groups excluding carboxylic acids is 2. The van der Waals surface area contributed by atoms with Gasteiger partial charge in [0.1, 0.15) is 11.4 Å². The van der Waals surface area contributed by atoms with Crippen molar-refractivity contribution in [1.29, 1.82) is 0 Å². The van der Waals surface area contributed by atoms with E-state index in [4.69, 9.17) is 27.9 Å². The highest BCUT2D eigenvalue weighted by Gasteiger charge is 2.43. The Morgan fingerprint density at radius 3 is 2.54 bits per heavy atom. The molecule has 1 saturated heterocycles. The lowest BCUT2D eigenvalue weighted by Crippen LogP contribution is -2.44. The first-order chi connectivity index (χ1) is 13.5. The Balaban J connectivity index is 1.92. The molecule has 2 unspecified atom stereocenters. The summed E-state index contributed by atoms with van der Waals surface area (Å²) in [5, 5.41) is 0.732. The maximum atomic E-state index is 13.3. The van der Waals surface area contributed by atoms with Gasteiger partial charge in [-0.2, -0.15) is 0 Å². The smallest absolute Gasteiger partial charge is 0.329 e. The van der Waals surface area contributed by atoms with Crippen LogP contribution in [0.3, 0.4) is 0 Å². The summed E-state index contributed by atoms with van der Waals surface area (Å²) in [5.74, 6) is -0.162. The van der Waals surface area contributed by atoms with Gasteiger partial charge < -0.3 is 9.64 Å².